The van der Waals surface area contributed by atoms with Gasteiger partial charge in [0.25, 0.3) is 5.91 Å². The van der Waals surface area contributed by atoms with Crippen molar-refractivity contribution in [1.82, 2.24) is 15.8 Å². The molecule has 2 aromatic rings. The summed E-state index contributed by atoms with van der Waals surface area (Å²) in [5, 5.41) is 10.9. The second-order valence-corrected chi connectivity index (χ2v) is 8.54. The summed E-state index contributed by atoms with van der Waals surface area (Å²) in [7, 11) is 0. The predicted octanol–water partition coefficient (Wildman–Crippen LogP) is 4.12. The van der Waals surface area contributed by atoms with E-state index in [0.29, 0.717) is 45.9 Å². The van der Waals surface area contributed by atoms with Crippen LogP contribution in [0.4, 0.5) is 0 Å². The molecule has 6 nitrogen and oxygen atoms in total. The Balaban J connectivity index is 1.51. The Kier molecular flexibility index (Phi) is 5.63. The quantitative estimate of drug-likeness (QED) is 0.786. The molecule has 2 aliphatic rings. The zero-order valence-corrected chi connectivity index (χ0v) is 17.5. The molecular formula is C22H26ClN3O3. The fourth-order valence-electron chi connectivity index (χ4n) is 4.89. The summed E-state index contributed by atoms with van der Waals surface area (Å²) in [6.07, 6.45) is 4.31. The zero-order valence-electron chi connectivity index (χ0n) is 16.7. The number of benzene rings is 1. The second-order valence-electron chi connectivity index (χ2n) is 8.14. The Morgan fingerprint density at radius 1 is 1.34 bits per heavy atom. The van der Waals surface area contributed by atoms with Crippen molar-refractivity contribution in [1.29, 1.82) is 0 Å². The number of nitrogens with one attached hydrogen (secondary N) is 2. The Hall–Kier alpha value is -2.34. The van der Waals surface area contributed by atoms with Crippen LogP contribution >= 0.6 is 11.6 Å². The van der Waals surface area contributed by atoms with Crippen LogP contribution in [0.25, 0.3) is 11.3 Å². The Labute approximate surface area is 175 Å². The Bertz CT molecular complexity index is 926. The van der Waals surface area contributed by atoms with Gasteiger partial charge in [-0.05, 0) is 44.1 Å². The van der Waals surface area contributed by atoms with Gasteiger partial charge >= 0.3 is 0 Å². The van der Waals surface area contributed by atoms with Gasteiger partial charge in [-0.15, -0.1) is 0 Å². The smallest absolute Gasteiger partial charge is 0.257 e. The van der Waals surface area contributed by atoms with Crippen LogP contribution in [0.3, 0.4) is 0 Å². The van der Waals surface area contributed by atoms with Gasteiger partial charge in [-0.1, -0.05) is 48.3 Å². The monoisotopic (exact) mass is 415 g/mol. The maximum atomic E-state index is 13.1. The van der Waals surface area contributed by atoms with E-state index in [0.717, 1.165) is 25.7 Å². The molecule has 4 rings (SSSR count). The molecule has 0 bridgehead atoms. The first-order valence-corrected chi connectivity index (χ1v) is 10.7. The van der Waals surface area contributed by atoms with E-state index in [-0.39, 0.29) is 23.9 Å². The van der Waals surface area contributed by atoms with Crippen LogP contribution in [0.2, 0.25) is 5.02 Å². The van der Waals surface area contributed by atoms with Gasteiger partial charge in [0.15, 0.2) is 0 Å². The first-order chi connectivity index (χ1) is 14.0. The molecule has 154 valence electrons. The third kappa shape index (κ3) is 3.90. The molecule has 7 heteroatoms. The van der Waals surface area contributed by atoms with Gasteiger partial charge in [0.1, 0.15) is 17.0 Å². The average Bonchev–Trinajstić information content (AvgIpc) is 3.08. The number of aryl methyl sites for hydroxylation is 1. The number of amides is 2. The van der Waals surface area contributed by atoms with Gasteiger partial charge in [0.2, 0.25) is 5.91 Å². The van der Waals surface area contributed by atoms with E-state index in [1.807, 2.05) is 18.2 Å². The molecule has 1 aromatic heterocycles. The van der Waals surface area contributed by atoms with Crippen LogP contribution in [0, 0.1) is 18.8 Å². The second kappa shape index (κ2) is 8.19. The lowest BCUT2D eigenvalue weighted by molar-refractivity contribution is -0.127. The van der Waals surface area contributed by atoms with E-state index in [2.05, 4.69) is 22.7 Å². The van der Waals surface area contributed by atoms with Crippen molar-refractivity contribution in [3.05, 3.63) is 40.6 Å². The predicted molar refractivity (Wildman–Crippen MR) is 111 cm³/mol. The summed E-state index contributed by atoms with van der Waals surface area (Å²) in [6.45, 7) is 3.88. The number of nitrogens with zero attached hydrogens (tertiary/aromatic N) is 1. The van der Waals surface area contributed by atoms with Crippen molar-refractivity contribution >= 4 is 23.4 Å². The van der Waals surface area contributed by atoms with E-state index in [9.17, 15) is 9.59 Å². The normalized spacial score (nSPS) is 26.5. The third-order valence-electron chi connectivity index (χ3n) is 6.38. The molecule has 2 heterocycles. The number of fused-ring (bicyclic) bond motifs is 1. The SMILES string of the molecule is CCC1CC(=O)NC2CC(NC(=O)c3c(-c4ccccc4Cl)noc3C)CCC12. The molecule has 1 saturated heterocycles. The van der Waals surface area contributed by atoms with Gasteiger partial charge in [0.05, 0.1) is 5.02 Å². The first-order valence-electron chi connectivity index (χ1n) is 10.3. The molecule has 4 atom stereocenters. The van der Waals surface area contributed by atoms with Crippen molar-refractivity contribution < 1.29 is 14.1 Å². The summed E-state index contributed by atoms with van der Waals surface area (Å²) < 4.78 is 5.32. The van der Waals surface area contributed by atoms with Gasteiger partial charge < -0.3 is 15.2 Å². The number of rotatable bonds is 4. The van der Waals surface area contributed by atoms with Gasteiger partial charge in [-0.3, -0.25) is 9.59 Å². The number of aromatic nitrogens is 1. The van der Waals surface area contributed by atoms with E-state index in [1.165, 1.54) is 0 Å². The van der Waals surface area contributed by atoms with Crippen molar-refractivity contribution in [3.63, 3.8) is 0 Å². The molecule has 0 radical (unpaired) electrons. The summed E-state index contributed by atoms with van der Waals surface area (Å²) in [6, 6.07) is 7.41. The third-order valence-corrected chi connectivity index (χ3v) is 6.71. The Morgan fingerprint density at radius 2 is 2.14 bits per heavy atom. The van der Waals surface area contributed by atoms with Crippen LogP contribution in [-0.4, -0.2) is 29.1 Å². The maximum Gasteiger partial charge on any atom is 0.257 e. The minimum atomic E-state index is -0.212. The van der Waals surface area contributed by atoms with Gasteiger partial charge in [-0.2, -0.15) is 0 Å². The highest BCUT2D eigenvalue weighted by atomic mass is 35.5. The fourth-order valence-corrected chi connectivity index (χ4v) is 5.12. The lowest BCUT2D eigenvalue weighted by atomic mass is 9.70. The Morgan fingerprint density at radius 3 is 2.90 bits per heavy atom. The summed E-state index contributed by atoms with van der Waals surface area (Å²) in [4.78, 5) is 25.2. The largest absolute Gasteiger partial charge is 0.360 e. The average molecular weight is 416 g/mol. The number of carbonyl (C=O) groups excluding carboxylic acids is 2. The van der Waals surface area contributed by atoms with Crippen molar-refractivity contribution in [2.75, 3.05) is 0 Å². The molecule has 1 aliphatic heterocycles. The highest BCUT2D eigenvalue weighted by molar-refractivity contribution is 6.33. The lowest BCUT2D eigenvalue weighted by Crippen LogP contribution is -2.55. The molecule has 2 fully saturated rings. The van der Waals surface area contributed by atoms with E-state index in [4.69, 9.17) is 16.1 Å². The molecule has 1 saturated carbocycles. The van der Waals surface area contributed by atoms with Crippen LogP contribution in [-0.2, 0) is 4.79 Å². The minimum Gasteiger partial charge on any atom is -0.360 e. The van der Waals surface area contributed by atoms with Crippen LogP contribution in [0.15, 0.2) is 28.8 Å². The number of carbonyl (C=O) groups is 2. The van der Waals surface area contributed by atoms with Crippen molar-refractivity contribution in [2.45, 2.75) is 58.0 Å². The fraction of sp³-hybridized carbons (Fsp3) is 0.500. The van der Waals surface area contributed by atoms with Gasteiger partial charge in [0, 0.05) is 24.1 Å². The van der Waals surface area contributed by atoms with Crippen molar-refractivity contribution in [3.8, 4) is 11.3 Å². The summed E-state index contributed by atoms with van der Waals surface area (Å²) >= 11 is 6.30. The van der Waals surface area contributed by atoms with E-state index >= 15 is 0 Å². The molecule has 1 aromatic carbocycles. The molecule has 2 amide bonds. The van der Waals surface area contributed by atoms with E-state index < -0.39 is 0 Å². The summed E-state index contributed by atoms with van der Waals surface area (Å²) in [5.41, 5.74) is 1.54. The number of hydrogen-bond donors (Lipinski definition) is 2. The van der Waals surface area contributed by atoms with Crippen LogP contribution in [0.1, 0.15) is 55.1 Å². The highest BCUT2D eigenvalue weighted by Crippen LogP contribution is 2.37. The first kappa shape index (κ1) is 20.0. The molecule has 4 unspecified atom stereocenters. The standard InChI is InChI=1S/C22H26ClN3O3/c1-3-13-10-19(27)25-18-11-14(8-9-15(13)18)24-22(28)20-12(2)29-26-21(20)16-6-4-5-7-17(16)23/h4-7,13-15,18H,3,8-11H2,1-2H3,(H,24,28)(H,25,27). The molecule has 1 aliphatic carbocycles. The molecule has 2 N–H and O–H groups in total. The van der Waals surface area contributed by atoms with Gasteiger partial charge in [-0.25, -0.2) is 0 Å². The topological polar surface area (TPSA) is 84.2 Å². The summed E-state index contributed by atoms with van der Waals surface area (Å²) in [5.74, 6) is 1.32. The van der Waals surface area contributed by atoms with Crippen molar-refractivity contribution in [2.24, 2.45) is 11.8 Å². The van der Waals surface area contributed by atoms with E-state index in [1.54, 1.807) is 13.0 Å². The van der Waals surface area contributed by atoms with Crippen LogP contribution < -0.4 is 10.6 Å². The molecule has 29 heavy (non-hydrogen) atoms. The van der Waals surface area contributed by atoms with Crippen LogP contribution in [0.5, 0.6) is 0 Å². The number of hydrogen-bond acceptors (Lipinski definition) is 4. The number of halogens is 1. The maximum absolute atomic E-state index is 13.1. The molecular weight excluding hydrogens is 390 g/mol. The zero-order chi connectivity index (χ0) is 20.5. The minimum absolute atomic E-state index is 0.00746. The number of piperidine rings is 1. The molecule has 0 spiro atoms. The highest BCUT2D eigenvalue weighted by Gasteiger charge is 2.40. The lowest BCUT2D eigenvalue weighted by Gasteiger charge is -2.44.